The van der Waals surface area contributed by atoms with Crippen molar-refractivity contribution in [2.24, 2.45) is 0 Å². The van der Waals surface area contributed by atoms with E-state index in [1.54, 1.807) is 12.1 Å². The molecule has 7 nitrogen and oxygen atoms in total. The van der Waals surface area contributed by atoms with Crippen LogP contribution in [-0.2, 0) is 0 Å². The van der Waals surface area contributed by atoms with E-state index in [2.05, 4.69) is 10.3 Å². The van der Waals surface area contributed by atoms with Crippen molar-refractivity contribution in [3.63, 3.8) is 0 Å². The summed E-state index contributed by atoms with van der Waals surface area (Å²) in [6, 6.07) is 7.46. The number of ether oxygens (including phenoxy) is 4. The molecule has 1 saturated carbocycles. The summed E-state index contributed by atoms with van der Waals surface area (Å²) in [5, 5.41) is 3.16. The maximum Gasteiger partial charge on any atom is 0.251 e. The fourth-order valence-corrected chi connectivity index (χ4v) is 3.81. The number of nitrogens with zero attached hydrogens (tertiary/aromatic N) is 1. The fraction of sp³-hybridized carbons (Fsp3) is 0.520. The van der Waals surface area contributed by atoms with Gasteiger partial charge in [-0.05, 0) is 71.1 Å². The Bertz CT molecular complexity index is 849. The lowest BCUT2D eigenvalue weighted by Crippen LogP contribution is -2.39. The van der Waals surface area contributed by atoms with Gasteiger partial charge >= 0.3 is 0 Å². The molecular formula is C25H34N2O5. The molecule has 2 aromatic rings. The van der Waals surface area contributed by atoms with Gasteiger partial charge < -0.3 is 24.3 Å². The average molecular weight is 443 g/mol. The number of amides is 1. The van der Waals surface area contributed by atoms with Crippen molar-refractivity contribution in [2.75, 3.05) is 19.8 Å². The first-order valence-electron chi connectivity index (χ1n) is 11.5. The topological polar surface area (TPSA) is 78.9 Å². The van der Waals surface area contributed by atoms with Crippen LogP contribution in [0.15, 0.2) is 30.5 Å². The van der Waals surface area contributed by atoms with Crippen molar-refractivity contribution in [2.45, 2.75) is 65.5 Å². The molecule has 1 aliphatic carbocycles. The van der Waals surface area contributed by atoms with Crippen LogP contribution in [0.3, 0.4) is 0 Å². The second kappa shape index (κ2) is 11.6. The second-order valence-corrected chi connectivity index (χ2v) is 7.84. The molecule has 174 valence electrons. The van der Waals surface area contributed by atoms with Crippen LogP contribution in [0.4, 0.5) is 0 Å². The molecule has 1 N–H and O–H groups in total. The predicted octanol–water partition coefficient (Wildman–Crippen LogP) is 4.71. The number of rotatable bonds is 10. The quantitative estimate of drug-likeness (QED) is 0.574. The third-order valence-corrected chi connectivity index (χ3v) is 5.35. The van der Waals surface area contributed by atoms with E-state index >= 15 is 0 Å². The molecule has 0 unspecified atom stereocenters. The molecular weight excluding hydrogens is 408 g/mol. The number of hydrogen-bond donors (Lipinski definition) is 1. The summed E-state index contributed by atoms with van der Waals surface area (Å²) in [4.78, 5) is 17.3. The van der Waals surface area contributed by atoms with E-state index in [-0.39, 0.29) is 18.1 Å². The van der Waals surface area contributed by atoms with E-state index in [1.807, 2.05) is 46.0 Å². The Morgan fingerprint density at radius 3 is 2.12 bits per heavy atom. The largest absolute Gasteiger partial charge is 0.490 e. The zero-order chi connectivity index (χ0) is 22.9. The zero-order valence-corrected chi connectivity index (χ0v) is 19.5. The van der Waals surface area contributed by atoms with E-state index in [0.29, 0.717) is 48.5 Å². The van der Waals surface area contributed by atoms with Gasteiger partial charge in [0.05, 0.1) is 19.8 Å². The molecule has 1 heterocycles. The molecule has 3 rings (SSSR count). The molecule has 0 radical (unpaired) electrons. The maximum atomic E-state index is 13.0. The number of aryl methyl sites for hydroxylation is 1. The lowest BCUT2D eigenvalue weighted by atomic mass is 9.92. The molecule has 0 atom stereocenters. The monoisotopic (exact) mass is 442 g/mol. The Hall–Kier alpha value is -2.96. The van der Waals surface area contributed by atoms with E-state index < -0.39 is 0 Å². The number of benzene rings is 1. The van der Waals surface area contributed by atoms with Crippen LogP contribution in [0.1, 0.15) is 62.4 Å². The summed E-state index contributed by atoms with van der Waals surface area (Å²) in [6.45, 7) is 9.12. The van der Waals surface area contributed by atoms with Gasteiger partial charge in [0.2, 0.25) is 11.6 Å². The summed E-state index contributed by atoms with van der Waals surface area (Å²) in [6.07, 6.45) is 5.39. The first-order chi connectivity index (χ1) is 15.5. The van der Waals surface area contributed by atoms with Gasteiger partial charge in [-0.3, -0.25) is 4.79 Å². The molecule has 1 aromatic carbocycles. The third kappa shape index (κ3) is 6.28. The Kier molecular flexibility index (Phi) is 8.59. The minimum Gasteiger partial charge on any atom is -0.490 e. The van der Waals surface area contributed by atoms with Gasteiger partial charge in [-0.1, -0.05) is 6.07 Å². The Labute approximate surface area is 190 Å². The molecule has 1 fully saturated rings. The Morgan fingerprint density at radius 1 is 0.969 bits per heavy atom. The molecule has 1 amide bonds. The van der Waals surface area contributed by atoms with Gasteiger partial charge in [0.25, 0.3) is 5.91 Å². The van der Waals surface area contributed by atoms with Crippen LogP contribution in [-0.4, -0.2) is 42.9 Å². The van der Waals surface area contributed by atoms with Crippen LogP contribution in [0.5, 0.6) is 23.1 Å². The van der Waals surface area contributed by atoms with Gasteiger partial charge in [0.15, 0.2) is 11.5 Å². The number of pyridine rings is 1. The van der Waals surface area contributed by atoms with Crippen LogP contribution in [0, 0.1) is 6.92 Å². The molecule has 32 heavy (non-hydrogen) atoms. The van der Waals surface area contributed by atoms with Crippen molar-refractivity contribution in [1.82, 2.24) is 10.3 Å². The van der Waals surface area contributed by atoms with E-state index in [0.717, 1.165) is 31.2 Å². The van der Waals surface area contributed by atoms with Crippen LogP contribution >= 0.6 is 0 Å². The van der Waals surface area contributed by atoms with Gasteiger partial charge in [-0.25, -0.2) is 4.98 Å². The number of hydrogen-bond acceptors (Lipinski definition) is 6. The summed E-state index contributed by atoms with van der Waals surface area (Å²) >= 11 is 0. The Balaban J connectivity index is 1.62. The minimum atomic E-state index is -0.139. The molecule has 0 bridgehead atoms. The molecule has 0 aliphatic heterocycles. The minimum absolute atomic E-state index is 0.103. The maximum absolute atomic E-state index is 13.0. The van der Waals surface area contributed by atoms with Crippen LogP contribution in [0.2, 0.25) is 0 Å². The summed E-state index contributed by atoms with van der Waals surface area (Å²) in [5.74, 6) is 2.10. The van der Waals surface area contributed by atoms with E-state index in [1.165, 1.54) is 0 Å². The summed E-state index contributed by atoms with van der Waals surface area (Å²) < 4.78 is 23.2. The highest BCUT2D eigenvalue weighted by Gasteiger charge is 2.25. The first kappa shape index (κ1) is 23.7. The van der Waals surface area contributed by atoms with Crippen molar-refractivity contribution in [3.8, 4) is 23.1 Å². The second-order valence-electron chi connectivity index (χ2n) is 7.84. The smallest absolute Gasteiger partial charge is 0.251 e. The first-order valence-corrected chi connectivity index (χ1v) is 11.5. The zero-order valence-electron chi connectivity index (χ0n) is 19.5. The highest BCUT2D eigenvalue weighted by atomic mass is 16.5. The molecule has 0 spiro atoms. The SMILES string of the molecule is CCOc1cc(C(=O)NC2CCC(Oc3ccc(C)cn3)CC2)cc(OCC)c1OCC. The van der Waals surface area contributed by atoms with Gasteiger partial charge in [0.1, 0.15) is 6.10 Å². The highest BCUT2D eigenvalue weighted by Crippen LogP contribution is 2.39. The van der Waals surface area contributed by atoms with Gasteiger partial charge in [0, 0.05) is 23.9 Å². The van der Waals surface area contributed by atoms with Crippen molar-refractivity contribution in [3.05, 3.63) is 41.6 Å². The Morgan fingerprint density at radius 2 is 1.59 bits per heavy atom. The predicted molar refractivity (Wildman–Crippen MR) is 123 cm³/mol. The van der Waals surface area contributed by atoms with Crippen molar-refractivity contribution >= 4 is 5.91 Å². The molecule has 0 saturated heterocycles. The fourth-order valence-electron chi connectivity index (χ4n) is 3.81. The lowest BCUT2D eigenvalue weighted by Gasteiger charge is -2.29. The number of nitrogens with one attached hydrogen (secondary N) is 1. The molecule has 7 heteroatoms. The van der Waals surface area contributed by atoms with Gasteiger partial charge in [-0.15, -0.1) is 0 Å². The third-order valence-electron chi connectivity index (χ3n) is 5.35. The van der Waals surface area contributed by atoms with Crippen molar-refractivity contribution < 1.29 is 23.7 Å². The number of aromatic nitrogens is 1. The summed E-state index contributed by atoms with van der Waals surface area (Å²) in [5.41, 5.74) is 1.61. The lowest BCUT2D eigenvalue weighted by molar-refractivity contribution is 0.0889. The highest BCUT2D eigenvalue weighted by molar-refractivity contribution is 5.95. The van der Waals surface area contributed by atoms with E-state index in [9.17, 15) is 4.79 Å². The van der Waals surface area contributed by atoms with Crippen LogP contribution < -0.4 is 24.3 Å². The summed E-state index contributed by atoms with van der Waals surface area (Å²) in [7, 11) is 0. The van der Waals surface area contributed by atoms with E-state index in [4.69, 9.17) is 18.9 Å². The average Bonchev–Trinajstić information content (AvgIpc) is 2.79. The standard InChI is InChI=1S/C25H34N2O5/c1-5-29-21-14-18(15-22(30-6-2)24(21)31-7-3)25(28)27-19-9-11-20(12-10-19)32-23-13-8-17(4)16-26-23/h8,13-16,19-20H,5-7,9-12H2,1-4H3,(H,27,28). The van der Waals surface area contributed by atoms with Gasteiger partial charge in [-0.2, -0.15) is 0 Å². The number of carbonyl (C=O) groups excluding carboxylic acids is 1. The number of carbonyl (C=O) groups is 1. The molecule has 1 aromatic heterocycles. The normalized spacial score (nSPS) is 18.0. The van der Waals surface area contributed by atoms with Crippen LogP contribution in [0.25, 0.3) is 0 Å². The van der Waals surface area contributed by atoms with Crippen molar-refractivity contribution in [1.29, 1.82) is 0 Å². The molecule has 1 aliphatic rings.